The maximum Gasteiger partial charge on any atom is 0.285 e. The van der Waals surface area contributed by atoms with Gasteiger partial charge >= 0.3 is 0 Å². The number of carbonyl (C=O) groups excluding carboxylic acids is 2. The van der Waals surface area contributed by atoms with Crippen molar-refractivity contribution in [3.05, 3.63) is 42.5 Å². The molecular formula is C23H33NO3S. The van der Waals surface area contributed by atoms with Crippen LogP contribution in [0.15, 0.2) is 36.9 Å². The fraction of sp³-hybridized carbons (Fsp3) is 0.565. The number of ether oxygens (including phenoxy) is 1. The lowest BCUT2D eigenvalue weighted by molar-refractivity contribution is -0.108. The minimum absolute atomic E-state index is 0.240. The van der Waals surface area contributed by atoms with Gasteiger partial charge in [-0.05, 0) is 48.8 Å². The Morgan fingerprint density at radius 3 is 2.50 bits per heavy atom. The Kier molecular flexibility index (Phi) is 10.2. The van der Waals surface area contributed by atoms with Gasteiger partial charge in [-0.1, -0.05) is 62.1 Å². The van der Waals surface area contributed by atoms with Crippen LogP contribution in [-0.2, 0) is 4.79 Å². The van der Waals surface area contributed by atoms with Gasteiger partial charge in [0.2, 0.25) is 6.41 Å². The molecule has 1 fully saturated rings. The molecule has 0 aliphatic heterocycles. The van der Waals surface area contributed by atoms with Gasteiger partial charge in [-0.15, -0.1) is 6.58 Å². The summed E-state index contributed by atoms with van der Waals surface area (Å²) >= 11 is 1.22. The molecule has 0 spiro atoms. The molecule has 0 bridgehead atoms. The zero-order valence-electron chi connectivity index (χ0n) is 16.9. The van der Waals surface area contributed by atoms with E-state index in [0.29, 0.717) is 18.2 Å². The highest BCUT2D eigenvalue weighted by molar-refractivity contribution is 8.13. The van der Waals surface area contributed by atoms with E-state index < -0.39 is 0 Å². The predicted molar refractivity (Wildman–Crippen MR) is 117 cm³/mol. The molecule has 3 atom stereocenters. The summed E-state index contributed by atoms with van der Waals surface area (Å²) in [5, 5.41) is 1.94. The SMILES string of the molecule is C=CC(CCC1CCCC(CCSC(=O)NC=O)CC1)c1ccc(OC)cc1. The molecule has 1 N–H and O–H groups in total. The van der Waals surface area contributed by atoms with E-state index in [9.17, 15) is 9.59 Å². The molecule has 0 saturated heterocycles. The van der Waals surface area contributed by atoms with Crippen LogP contribution in [0.4, 0.5) is 4.79 Å². The van der Waals surface area contributed by atoms with Crippen LogP contribution in [0.3, 0.4) is 0 Å². The highest BCUT2D eigenvalue weighted by Crippen LogP contribution is 2.34. The zero-order chi connectivity index (χ0) is 20.2. The first-order valence-corrected chi connectivity index (χ1v) is 11.3. The van der Waals surface area contributed by atoms with Gasteiger partial charge < -0.3 is 4.74 Å². The average molecular weight is 404 g/mol. The highest BCUT2D eigenvalue weighted by Gasteiger charge is 2.20. The maximum absolute atomic E-state index is 11.3. The minimum Gasteiger partial charge on any atom is -0.497 e. The Bertz CT molecular complexity index is 617. The Labute approximate surface area is 173 Å². The first kappa shape index (κ1) is 22.5. The summed E-state index contributed by atoms with van der Waals surface area (Å²) in [4.78, 5) is 21.6. The molecule has 1 aromatic rings. The van der Waals surface area contributed by atoms with Gasteiger partial charge in [0.15, 0.2) is 0 Å². The van der Waals surface area contributed by atoms with Crippen molar-refractivity contribution in [1.82, 2.24) is 5.32 Å². The predicted octanol–water partition coefficient (Wildman–Crippen LogP) is 5.93. The third-order valence-corrected chi connectivity index (χ3v) is 6.68. The number of methoxy groups -OCH3 is 1. The van der Waals surface area contributed by atoms with E-state index in [0.717, 1.165) is 30.3 Å². The van der Waals surface area contributed by atoms with Gasteiger partial charge in [-0.25, -0.2) is 0 Å². The third-order valence-electron chi connectivity index (χ3n) is 5.86. The second-order valence-electron chi connectivity index (χ2n) is 7.62. The molecule has 0 radical (unpaired) electrons. The molecule has 4 nitrogen and oxygen atoms in total. The molecule has 0 aromatic heterocycles. The Morgan fingerprint density at radius 2 is 1.89 bits per heavy atom. The Hall–Kier alpha value is -1.75. The summed E-state index contributed by atoms with van der Waals surface area (Å²) in [7, 11) is 1.69. The van der Waals surface area contributed by atoms with Gasteiger partial charge in [0, 0.05) is 11.7 Å². The van der Waals surface area contributed by atoms with Crippen molar-refractivity contribution >= 4 is 23.4 Å². The summed E-state index contributed by atoms with van der Waals surface area (Å²) in [5.74, 6) is 3.58. The van der Waals surface area contributed by atoms with Crippen molar-refractivity contribution in [3.8, 4) is 5.75 Å². The zero-order valence-corrected chi connectivity index (χ0v) is 17.7. The molecule has 2 rings (SSSR count). The molecule has 1 aliphatic carbocycles. The van der Waals surface area contributed by atoms with Crippen molar-refractivity contribution in [1.29, 1.82) is 0 Å². The molecular weight excluding hydrogens is 370 g/mol. The lowest BCUT2D eigenvalue weighted by Gasteiger charge is -2.19. The number of imide groups is 1. The summed E-state index contributed by atoms with van der Waals surface area (Å²) in [6.45, 7) is 4.05. The lowest BCUT2D eigenvalue weighted by Crippen LogP contribution is -2.16. The Morgan fingerprint density at radius 1 is 1.21 bits per heavy atom. The number of benzene rings is 1. The van der Waals surface area contributed by atoms with Crippen LogP contribution in [0, 0.1) is 11.8 Å². The van der Waals surface area contributed by atoms with Gasteiger partial charge in [-0.2, -0.15) is 0 Å². The molecule has 1 saturated carbocycles. The second kappa shape index (κ2) is 12.7. The summed E-state index contributed by atoms with van der Waals surface area (Å²) in [6.07, 6.45) is 12.4. The van der Waals surface area contributed by atoms with E-state index in [-0.39, 0.29) is 5.24 Å². The quantitative estimate of drug-likeness (QED) is 0.299. The number of nitrogens with one attached hydrogen (secondary N) is 1. The van der Waals surface area contributed by atoms with E-state index in [2.05, 4.69) is 30.1 Å². The first-order valence-electron chi connectivity index (χ1n) is 10.3. The summed E-state index contributed by atoms with van der Waals surface area (Å²) in [5.41, 5.74) is 1.31. The standard InChI is InChI=1S/C23H33NO3S/c1-3-20(21-11-13-22(27-2)14-12-21)10-9-18-5-4-6-19(8-7-18)15-16-28-23(26)24-17-25/h3,11-14,17-20H,1,4-10,15-16H2,2H3,(H,24,25,26). The molecule has 1 aliphatic rings. The van der Waals surface area contributed by atoms with Crippen LogP contribution in [-0.4, -0.2) is 24.5 Å². The van der Waals surface area contributed by atoms with E-state index >= 15 is 0 Å². The van der Waals surface area contributed by atoms with Crippen LogP contribution in [0.1, 0.15) is 62.8 Å². The fourth-order valence-corrected chi connectivity index (χ4v) is 4.90. The molecule has 3 unspecified atom stereocenters. The van der Waals surface area contributed by atoms with Gasteiger partial charge in [0.1, 0.15) is 5.75 Å². The van der Waals surface area contributed by atoms with Crippen molar-refractivity contribution < 1.29 is 14.3 Å². The van der Waals surface area contributed by atoms with Crippen LogP contribution >= 0.6 is 11.8 Å². The number of thioether (sulfide) groups is 1. The third kappa shape index (κ3) is 7.70. The number of rotatable bonds is 10. The molecule has 28 heavy (non-hydrogen) atoms. The summed E-state index contributed by atoms with van der Waals surface area (Å²) < 4.78 is 5.25. The van der Waals surface area contributed by atoms with Crippen LogP contribution in [0.25, 0.3) is 0 Å². The van der Waals surface area contributed by atoms with Gasteiger partial charge in [0.05, 0.1) is 7.11 Å². The van der Waals surface area contributed by atoms with Crippen molar-refractivity contribution in [2.24, 2.45) is 11.8 Å². The van der Waals surface area contributed by atoms with Crippen LogP contribution < -0.4 is 10.1 Å². The monoisotopic (exact) mass is 403 g/mol. The minimum atomic E-state index is -0.240. The topological polar surface area (TPSA) is 55.4 Å². The van der Waals surface area contributed by atoms with Gasteiger partial charge in [-0.3, -0.25) is 14.9 Å². The second-order valence-corrected chi connectivity index (χ2v) is 8.69. The number of hydrogen-bond donors (Lipinski definition) is 1. The highest BCUT2D eigenvalue weighted by atomic mass is 32.2. The average Bonchev–Trinajstić information content (AvgIpc) is 2.94. The molecule has 1 aromatic carbocycles. The van der Waals surface area contributed by atoms with Crippen LogP contribution in [0.5, 0.6) is 5.75 Å². The van der Waals surface area contributed by atoms with E-state index in [1.807, 2.05) is 12.1 Å². The lowest BCUT2D eigenvalue weighted by atomic mass is 9.87. The summed E-state index contributed by atoms with van der Waals surface area (Å²) in [6, 6.07) is 8.34. The van der Waals surface area contributed by atoms with Crippen molar-refractivity contribution in [3.63, 3.8) is 0 Å². The van der Waals surface area contributed by atoms with Gasteiger partial charge in [0.25, 0.3) is 5.24 Å². The first-order chi connectivity index (χ1) is 13.7. The van der Waals surface area contributed by atoms with Crippen molar-refractivity contribution in [2.75, 3.05) is 12.9 Å². The molecule has 2 amide bonds. The fourth-order valence-electron chi connectivity index (χ4n) is 4.13. The maximum atomic E-state index is 11.3. The molecule has 154 valence electrons. The number of amides is 2. The van der Waals surface area contributed by atoms with E-state index in [4.69, 9.17) is 4.74 Å². The normalized spacial score (nSPS) is 20.6. The van der Waals surface area contributed by atoms with E-state index in [1.54, 1.807) is 7.11 Å². The Balaban J connectivity index is 1.73. The molecule has 0 heterocycles. The van der Waals surface area contributed by atoms with Crippen molar-refractivity contribution in [2.45, 2.75) is 57.3 Å². The molecule has 5 heteroatoms. The van der Waals surface area contributed by atoms with Crippen LogP contribution in [0.2, 0.25) is 0 Å². The number of allylic oxidation sites excluding steroid dienone is 1. The largest absolute Gasteiger partial charge is 0.497 e. The van der Waals surface area contributed by atoms with E-state index in [1.165, 1.54) is 55.9 Å². The number of carbonyl (C=O) groups is 2. The number of hydrogen-bond acceptors (Lipinski definition) is 4. The smallest absolute Gasteiger partial charge is 0.285 e.